The van der Waals surface area contributed by atoms with E-state index in [1.807, 2.05) is 32.0 Å². The third kappa shape index (κ3) is 3.94. The van der Waals surface area contributed by atoms with E-state index in [2.05, 4.69) is 5.32 Å². The van der Waals surface area contributed by atoms with Crippen molar-refractivity contribution in [3.05, 3.63) is 47.5 Å². The Morgan fingerprint density at radius 2 is 1.78 bits per heavy atom. The number of fused-ring (bicyclic) bond motifs is 1. The molecule has 0 spiro atoms. The zero-order valence-electron chi connectivity index (χ0n) is 16.3. The molecule has 1 aliphatic heterocycles. The minimum absolute atomic E-state index is 0.188. The molecular formula is C21H25NO5. The van der Waals surface area contributed by atoms with E-state index in [-0.39, 0.29) is 11.9 Å². The van der Waals surface area contributed by atoms with Crippen LogP contribution in [0.15, 0.2) is 36.4 Å². The molecule has 2 aromatic carbocycles. The molecule has 2 aromatic rings. The van der Waals surface area contributed by atoms with Crippen LogP contribution in [0.1, 0.15) is 42.2 Å². The Bertz CT molecular complexity index is 846. The number of ether oxygens (including phenoxy) is 4. The SMILES string of the molecule is COc1ccc2c(c1)[C@H](NC(=O)c1ccc(OC)c(OC)c1)CC(C)(C)O2. The molecule has 6 heteroatoms. The van der Waals surface area contributed by atoms with Crippen molar-refractivity contribution in [2.75, 3.05) is 21.3 Å². The number of carbonyl (C=O) groups is 1. The Morgan fingerprint density at radius 3 is 2.44 bits per heavy atom. The highest BCUT2D eigenvalue weighted by molar-refractivity contribution is 5.95. The van der Waals surface area contributed by atoms with Crippen molar-refractivity contribution in [1.82, 2.24) is 5.32 Å². The van der Waals surface area contributed by atoms with Crippen molar-refractivity contribution in [2.24, 2.45) is 0 Å². The van der Waals surface area contributed by atoms with E-state index in [0.717, 1.165) is 17.1 Å². The molecule has 0 saturated heterocycles. The summed E-state index contributed by atoms with van der Waals surface area (Å²) in [6, 6.07) is 10.6. The predicted octanol–water partition coefficient (Wildman–Crippen LogP) is 3.74. The molecule has 1 N–H and O–H groups in total. The molecule has 6 nitrogen and oxygen atoms in total. The Kier molecular flexibility index (Phi) is 5.17. The number of hydrogen-bond donors (Lipinski definition) is 1. The summed E-state index contributed by atoms with van der Waals surface area (Å²) in [5.41, 5.74) is 1.01. The van der Waals surface area contributed by atoms with E-state index in [4.69, 9.17) is 18.9 Å². The second-order valence-corrected chi connectivity index (χ2v) is 7.07. The van der Waals surface area contributed by atoms with Gasteiger partial charge >= 0.3 is 0 Å². The smallest absolute Gasteiger partial charge is 0.251 e. The fourth-order valence-corrected chi connectivity index (χ4v) is 3.31. The van der Waals surface area contributed by atoms with Gasteiger partial charge in [0.05, 0.1) is 27.4 Å². The van der Waals surface area contributed by atoms with E-state index >= 15 is 0 Å². The van der Waals surface area contributed by atoms with Crippen molar-refractivity contribution < 1.29 is 23.7 Å². The average Bonchev–Trinajstić information content (AvgIpc) is 2.66. The van der Waals surface area contributed by atoms with Crippen LogP contribution in [0.3, 0.4) is 0 Å². The molecular weight excluding hydrogens is 346 g/mol. The molecule has 0 unspecified atom stereocenters. The van der Waals surface area contributed by atoms with E-state index in [0.29, 0.717) is 23.5 Å². The lowest BCUT2D eigenvalue weighted by Gasteiger charge is -2.38. The van der Waals surface area contributed by atoms with Crippen LogP contribution in [0.4, 0.5) is 0 Å². The van der Waals surface area contributed by atoms with Crippen LogP contribution in [-0.2, 0) is 0 Å². The van der Waals surface area contributed by atoms with Gasteiger partial charge in [0.1, 0.15) is 17.1 Å². The highest BCUT2D eigenvalue weighted by Gasteiger charge is 2.35. The Morgan fingerprint density at radius 1 is 1.04 bits per heavy atom. The van der Waals surface area contributed by atoms with E-state index in [9.17, 15) is 4.79 Å². The highest BCUT2D eigenvalue weighted by Crippen LogP contribution is 2.41. The lowest BCUT2D eigenvalue weighted by atomic mass is 9.89. The summed E-state index contributed by atoms with van der Waals surface area (Å²) in [4.78, 5) is 12.9. The summed E-state index contributed by atoms with van der Waals surface area (Å²) >= 11 is 0. The first-order valence-corrected chi connectivity index (χ1v) is 8.76. The summed E-state index contributed by atoms with van der Waals surface area (Å²) in [6.07, 6.45) is 0.645. The van der Waals surface area contributed by atoms with Crippen molar-refractivity contribution in [1.29, 1.82) is 0 Å². The van der Waals surface area contributed by atoms with Gasteiger partial charge in [0.2, 0.25) is 0 Å². The molecule has 1 amide bonds. The number of methoxy groups -OCH3 is 3. The Balaban J connectivity index is 1.89. The first-order chi connectivity index (χ1) is 12.9. The first-order valence-electron chi connectivity index (χ1n) is 8.76. The van der Waals surface area contributed by atoms with Crippen LogP contribution >= 0.6 is 0 Å². The molecule has 27 heavy (non-hydrogen) atoms. The second kappa shape index (κ2) is 7.39. The summed E-state index contributed by atoms with van der Waals surface area (Å²) in [5, 5.41) is 3.12. The van der Waals surface area contributed by atoms with Crippen LogP contribution in [-0.4, -0.2) is 32.8 Å². The minimum atomic E-state index is -0.392. The Labute approximate surface area is 159 Å². The molecule has 0 radical (unpaired) electrons. The summed E-state index contributed by atoms with van der Waals surface area (Å²) in [6.45, 7) is 4.02. The molecule has 3 rings (SSSR count). The normalized spacial score (nSPS) is 17.3. The van der Waals surface area contributed by atoms with Crippen LogP contribution in [0.25, 0.3) is 0 Å². The average molecular weight is 371 g/mol. The molecule has 144 valence electrons. The summed E-state index contributed by atoms with van der Waals surface area (Å²) in [5.74, 6) is 2.38. The largest absolute Gasteiger partial charge is 0.497 e. The lowest BCUT2D eigenvalue weighted by Crippen LogP contribution is -2.41. The van der Waals surface area contributed by atoms with Crippen molar-refractivity contribution >= 4 is 5.91 Å². The molecule has 0 fully saturated rings. The summed E-state index contributed by atoms with van der Waals surface area (Å²) in [7, 11) is 4.72. The van der Waals surface area contributed by atoms with E-state index < -0.39 is 5.60 Å². The van der Waals surface area contributed by atoms with Crippen molar-refractivity contribution in [3.63, 3.8) is 0 Å². The number of benzene rings is 2. The maximum atomic E-state index is 12.9. The maximum Gasteiger partial charge on any atom is 0.251 e. The second-order valence-electron chi connectivity index (χ2n) is 7.07. The number of amides is 1. The van der Waals surface area contributed by atoms with Gasteiger partial charge < -0.3 is 24.3 Å². The van der Waals surface area contributed by atoms with Gasteiger partial charge in [-0.2, -0.15) is 0 Å². The molecule has 1 atom stereocenters. The molecule has 0 aliphatic carbocycles. The minimum Gasteiger partial charge on any atom is -0.497 e. The van der Waals surface area contributed by atoms with Crippen LogP contribution in [0, 0.1) is 0 Å². The van der Waals surface area contributed by atoms with Gasteiger partial charge in [0.15, 0.2) is 11.5 Å². The van der Waals surface area contributed by atoms with E-state index in [1.165, 1.54) is 0 Å². The quantitative estimate of drug-likeness (QED) is 0.867. The standard InChI is InChI=1S/C21H25NO5/c1-21(2)12-16(15-11-14(24-3)7-9-17(15)27-21)22-20(23)13-6-8-18(25-4)19(10-13)26-5/h6-11,16H,12H2,1-5H3,(H,22,23)/t16-/m1/s1. The number of carbonyl (C=O) groups excluding carboxylic acids is 1. The monoisotopic (exact) mass is 371 g/mol. The van der Waals surface area contributed by atoms with Gasteiger partial charge in [-0.25, -0.2) is 0 Å². The molecule has 1 aliphatic rings. The van der Waals surface area contributed by atoms with E-state index in [1.54, 1.807) is 39.5 Å². The topological polar surface area (TPSA) is 66.0 Å². The summed E-state index contributed by atoms with van der Waals surface area (Å²) < 4.78 is 21.9. The number of nitrogens with one attached hydrogen (secondary N) is 1. The lowest BCUT2D eigenvalue weighted by molar-refractivity contribution is 0.0618. The van der Waals surface area contributed by atoms with Gasteiger partial charge in [-0.1, -0.05) is 0 Å². The van der Waals surface area contributed by atoms with Gasteiger partial charge in [-0.05, 0) is 50.2 Å². The Hall–Kier alpha value is -2.89. The van der Waals surface area contributed by atoms with Crippen LogP contribution in [0.2, 0.25) is 0 Å². The highest BCUT2D eigenvalue weighted by atomic mass is 16.5. The zero-order valence-corrected chi connectivity index (χ0v) is 16.3. The number of rotatable bonds is 5. The van der Waals surface area contributed by atoms with Gasteiger partial charge in [-0.3, -0.25) is 4.79 Å². The van der Waals surface area contributed by atoms with Gasteiger partial charge in [0.25, 0.3) is 5.91 Å². The van der Waals surface area contributed by atoms with Crippen LogP contribution < -0.4 is 24.3 Å². The fourth-order valence-electron chi connectivity index (χ4n) is 3.31. The van der Waals surface area contributed by atoms with Gasteiger partial charge in [0, 0.05) is 17.5 Å². The third-order valence-corrected chi connectivity index (χ3v) is 4.63. The zero-order chi connectivity index (χ0) is 19.6. The first kappa shape index (κ1) is 18.9. The molecule has 0 saturated carbocycles. The van der Waals surface area contributed by atoms with Crippen molar-refractivity contribution in [2.45, 2.75) is 31.9 Å². The number of hydrogen-bond acceptors (Lipinski definition) is 5. The molecule has 0 aromatic heterocycles. The third-order valence-electron chi connectivity index (χ3n) is 4.63. The molecule has 1 heterocycles. The predicted molar refractivity (Wildman–Crippen MR) is 102 cm³/mol. The fraction of sp³-hybridized carbons (Fsp3) is 0.381. The molecule has 0 bridgehead atoms. The van der Waals surface area contributed by atoms with Crippen molar-refractivity contribution in [3.8, 4) is 23.0 Å². The van der Waals surface area contributed by atoms with Crippen LogP contribution in [0.5, 0.6) is 23.0 Å². The maximum absolute atomic E-state index is 12.9. The van der Waals surface area contributed by atoms with Gasteiger partial charge in [-0.15, -0.1) is 0 Å².